The predicted molar refractivity (Wildman–Crippen MR) is 104 cm³/mol. The third-order valence-electron chi connectivity index (χ3n) is 7.27. The Bertz CT molecular complexity index is 842. The highest BCUT2D eigenvalue weighted by Crippen LogP contribution is 2.61. The Morgan fingerprint density at radius 1 is 1.15 bits per heavy atom. The molecule has 4 aliphatic carbocycles. The van der Waals surface area contributed by atoms with Gasteiger partial charge in [0.1, 0.15) is 5.15 Å². The lowest BCUT2D eigenvalue weighted by Gasteiger charge is -2.59. The molecule has 1 atom stereocenters. The number of hydrogen-bond donors (Lipinski definition) is 1. The van der Waals surface area contributed by atoms with Gasteiger partial charge in [-0.25, -0.2) is 4.98 Å². The molecule has 4 saturated carbocycles. The Balaban J connectivity index is 1.39. The molecule has 6 rings (SSSR count). The van der Waals surface area contributed by atoms with E-state index in [1.807, 2.05) is 30.3 Å². The van der Waals surface area contributed by atoms with Gasteiger partial charge >= 0.3 is 0 Å². The van der Waals surface area contributed by atoms with Gasteiger partial charge < -0.3 is 5.32 Å². The minimum Gasteiger partial charge on any atom is -0.349 e. The fraction of sp³-hybridized carbons (Fsp3) is 0.545. The van der Waals surface area contributed by atoms with Gasteiger partial charge in [-0.2, -0.15) is 0 Å². The molecular formula is C22H25ClN2O. The number of para-hydroxylation sites is 1. The van der Waals surface area contributed by atoms with Crippen LogP contribution in [-0.2, 0) is 0 Å². The van der Waals surface area contributed by atoms with Crippen molar-refractivity contribution in [3.05, 3.63) is 41.0 Å². The number of aromatic nitrogens is 1. The highest BCUT2D eigenvalue weighted by Gasteiger charge is 2.53. The maximum absolute atomic E-state index is 13.0. The highest BCUT2D eigenvalue weighted by atomic mass is 35.5. The lowest BCUT2D eigenvalue weighted by atomic mass is 9.48. The van der Waals surface area contributed by atoms with Crippen LogP contribution in [0.1, 0.15) is 55.8 Å². The standard InChI is InChI=1S/C22H25ClN2O/c1-13(22-10-14-6-15(11-22)8-16(7-14)12-22)24-21(26)18-9-17-4-2-3-5-19(17)25-20(18)23/h2-5,9,13-16H,6-8,10-12H2,1H3,(H,24,26)/t13-,14?,15?,16?,22?/m0/s1. The molecule has 136 valence electrons. The zero-order chi connectivity index (χ0) is 17.9. The van der Waals surface area contributed by atoms with E-state index in [2.05, 4.69) is 17.2 Å². The van der Waals surface area contributed by atoms with Gasteiger partial charge in [-0.3, -0.25) is 4.79 Å². The zero-order valence-corrected chi connectivity index (χ0v) is 15.9. The first-order valence-electron chi connectivity index (χ1n) is 9.88. The van der Waals surface area contributed by atoms with Crippen LogP contribution in [0, 0.1) is 23.2 Å². The molecule has 4 bridgehead atoms. The summed E-state index contributed by atoms with van der Waals surface area (Å²) in [6, 6.07) is 9.83. The van der Waals surface area contributed by atoms with E-state index in [-0.39, 0.29) is 11.9 Å². The average Bonchev–Trinajstić information content (AvgIpc) is 2.59. The van der Waals surface area contributed by atoms with E-state index in [0.717, 1.165) is 28.7 Å². The molecule has 1 amide bonds. The SMILES string of the molecule is C[C@H](NC(=O)c1cc2ccccc2nc1Cl)C12CC3CC(CC(C3)C1)C2. The summed E-state index contributed by atoms with van der Waals surface area (Å²) in [5, 5.41) is 4.53. The fourth-order valence-electron chi connectivity index (χ4n) is 6.39. The van der Waals surface area contributed by atoms with E-state index < -0.39 is 0 Å². The molecule has 1 N–H and O–H groups in total. The first-order valence-corrected chi connectivity index (χ1v) is 10.3. The highest BCUT2D eigenvalue weighted by molar-refractivity contribution is 6.33. The third kappa shape index (κ3) is 2.63. The Labute approximate surface area is 159 Å². The lowest BCUT2D eigenvalue weighted by Crippen LogP contribution is -2.55. The Kier molecular flexibility index (Phi) is 3.79. The van der Waals surface area contributed by atoms with Gasteiger partial charge in [0.15, 0.2) is 0 Å². The number of benzene rings is 1. The number of carbonyl (C=O) groups is 1. The normalized spacial score (nSPS) is 33.4. The summed E-state index contributed by atoms with van der Waals surface area (Å²) >= 11 is 6.33. The molecule has 0 aliphatic heterocycles. The smallest absolute Gasteiger partial charge is 0.254 e. The summed E-state index contributed by atoms with van der Waals surface area (Å²) in [7, 11) is 0. The van der Waals surface area contributed by atoms with Crippen molar-refractivity contribution in [3.63, 3.8) is 0 Å². The quantitative estimate of drug-likeness (QED) is 0.754. The molecular weight excluding hydrogens is 344 g/mol. The van der Waals surface area contributed by atoms with Crippen LogP contribution in [0.3, 0.4) is 0 Å². The van der Waals surface area contributed by atoms with E-state index in [4.69, 9.17) is 11.6 Å². The first-order chi connectivity index (χ1) is 12.5. The van der Waals surface area contributed by atoms with Crippen LogP contribution in [0.25, 0.3) is 10.9 Å². The molecule has 0 radical (unpaired) electrons. The molecule has 0 unspecified atom stereocenters. The summed E-state index contributed by atoms with van der Waals surface area (Å²) in [4.78, 5) is 17.4. The second-order valence-corrected chi connectivity index (χ2v) is 9.35. The Morgan fingerprint density at radius 2 is 1.77 bits per heavy atom. The second-order valence-electron chi connectivity index (χ2n) is 8.99. The summed E-state index contributed by atoms with van der Waals surface area (Å²) in [5.41, 5.74) is 1.60. The number of pyridine rings is 1. The molecule has 0 spiro atoms. The van der Waals surface area contributed by atoms with Crippen LogP contribution < -0.4 is 5.32 Å². The van der Waals surface area contributed by atoms with Crippen molar-refractivity contribution in [2.45, 2.75) is 51.5 Å². The molecule has 1 heterocycles. The summed E-state index contributed by atoms with van der Waals surface area (Å²) in [6.07, 6.45) is 8.10. The minimum atomic E-state index is -0.0866. The van der Waals surface area contributed by atoms with Crippen LogP contribution in [0.5, 0.6) is 0 Å². The van der Waals surface area contributed by atoms with Crippen molar-refractivity contribution in [2.24, 2.45) is 23.2 Å². The predicted octanol–water partition coefficient (Wildman–Crippen LogP) is 5.22. The van der Waals surface area contributed by atoms with E-state index in [1.54, 1.807) is 0 Å². The van der Waals surface area contributed by atoms with Crippen LogP contribution in [-0.4, -0.2) is 16.9 Å². The molecule has 1 aromatic heterocycles. The fourth-order valence-corrected chi connectivity index (χ4v) is 6.62. The first kappa shape index (κ1) is 16.6. The van der Waals surface area contributed by atoms with Gasteiger partial charge in [0.2, 0.25) is 0 Å². The van der Waals surface area contributed by atoms with Crippen molar-refractivity contribution in [2.75, 3.05) is 0 Å². The Morgan fingerprint density at radius 3 is 2.42 bits per heavy atom. The minimum absolute atomic E-state index is 0.0866. The van der Waals surface area contributed by atoms with Gasteiger partial charge in [0, 0.05) is 11.4 Å². The molecule has 0 saturated heterocycles. The molecule has 2 aromatic rings. The van der Waals surface area contributed by atoms with E-state index >= 15 is 0 Å². The number of halogens is 1. The maximum atomic E-state index is 13.0. The van der Waals surface area contributed by atoms with Crippen molar-refractivity contribution in [1.29, 1.82) is 0 Å². The lowest BCUT2D eigenvalue weighted by molar-refractivity contribution is -0.0688. The number of carbonyl (C=O) groups excluding carboxylic acids is 1. The van der Waals surface area contributed by atoms with E-state index in [1.165, 1.54) is 38.5 Å². The Hall–Kier alpha value is -1.61. The van der Waals surface area contributed by atoms with Crippen LogP contribution >= 0.6 is 11.6 Å². The maximum Gasteiger partial charge on any atom is 0.254 e. The van der Waals surface area contributed by atoms with Gasteiger partial charge in [0.05, 0.1) is 11.1 Å². The van der Waals surface area contributed by atoms with Gasteiger partial charge in [0.25, 0.3) is 5.91 Å². The van der Waals surface area contributed by atoms with Crippen LogP contribution in [0.2, 0.25) is 5.15 Å². The van der Waals surface area contributed by atoms with Crippen LogP contribution in [0.15, 0.2) is 30.3 Å². The molecule has 1 aromatic carbocycles. The molecule has 3 nitrogen and oxygen atoms in total. The molecule has 4 heteroatoms. The largest absolute Gasteiger partial charge is 0.349 e. The van der Waals surface area contributed by atoms with Gasteiger partial charge in [-0.05, 0) is 80.8 Å². The number of amides is 1. The zero-order valence-electron chi connectivity index (χ0n) is 15.2. The number of nitrogens with zero attached hydrogens (tertiary/aromatic N) is 1. The summed E-state index contributed by atoms with van der Waals surface area (Å²) in [6.45, 7) is 2.20. The van der Waals surface area contributed by atoms with Crippen molar-refractivity contribution < 1.29 is 4.79 Å². The van der Waals surface area contributed by atoms with Crippen molar-refractivity contribution in [1.82, 2.24) is 10.3 Å². The van der Waals surface area contributed by atoms with Crippen LogP contribution in [0.4, 0.5) is 0 Å². The molecule has 4 fully saturated rings. The second kappa shape index (κ2) is 5.95. The van der Waals surface area contributed by atoms with Gasteiger partial charge in [-0.15, -0.1) is 0 Å². The molecule has 4 aliphatic rings. The van der Waals surface area contributed by atoms with Crippen molar-refractivity contribution >= 4 is 28.4 Å². The number of fused-ring (bicyclic) bond motifs is 1. The van der Waals surface area contributed by atoms with Gasteiger partial charge in [-0.1, -0.05) is 29.8 Å². The van der Waals surface area contributed by atoms with E-state index in [0.29, 0.717) is 16.1 Å². The monoisotopic (exact) mass is 368 g/mol. The van der Waals surface area contributed by atoms with E-state index in [9.17, 15) is 4.79 Å². The number of nitrogens with one attached hydrogen (secondary N) is 1. The number of hydrogen-bond acceptors (Lipinski definition) is 2. The topological polar surface area (TPSA) is 42.0 Å². The summed E-state index contributed by atoms with van der Waals surface area (Å²) < 4.78 is 0. The third-order valence-corrected chi connectivity index (χ3v) is 7.56. The summed E-state index contributed by atoms with van der Waals surface area (Å²) in [5.74, 6) is 2.56. The van der Waals surface area contributed by atoms with Crippen molar-refractivity contribution in [3.8, 4) is 0 Å². The number of rotatable bonds is 3. The molecule has 26 heavy (non-hydrogen) atoms. The average molecular weight is 369 g/mol.